The van der Waals surface area contributed by atoms with Crippen LogP contribution in [0.2, 0.25) is 0 Å². The molecule has 58 valence electrons. The maximum Gasteiger partial charge on any atom is 0.0951 e. The van der Waals surface area contributed by atoms with Crippen molar-refractivity contribution in [2.75, 3.05) is 0 Å². The Hall–Kier alpha value is -1.09. The highest BCUT2D eigenvalue weighted by Crippen LogP contribution is 2.10. The van der Waals surface area contributed by atoms with Crippen molar-refractivity contribution in [1.29, 1.82) is 0 Å². The van der Waals surface area contributed by atoms with Gasteiger partial charge in [0.2, 0.25) is 0 Å². The van der Waals surface area contributed by atoms with E-state index < -0.39 is 0 Å². The van der Waals surface area contributed by atoms with Crippen LogP contribution < -0.4 is 0 Å². The summed E-state index contributed by atoms with van der Waals surface area (Å²) >= 11 is 0. The number of aliphatic hydroxyl groups is 1. The first-order valence-electron chi connectivity index (χ1n) is 3.71. The highest BCUT2D eigenvalue weighted by molar-refractivity contribution is 5.44. The number of aromatic nitrogens is 2. The summed E-state index contributed by atoms with van der Waals surface area (Å²) < 4.78 is 1.95. The van der Waals surface area contributed by atoms with Crippen LogP contribution in [0.25, 0.3) is 6.08 Å². The van der Waals surface area contributed by atoms with Crippen molar-refractivity contribution in [1.82, 2.24) is 9.55 Å². The van der Waals surface area contributed by atoms with Crippen molar-refractivity contribution in [2.24, 2.45) is 0 Å². The van der Waals surface area contributed by atoms with Gasteiger partial charge in [0.1, 0.15) is 0 Å². The van der Waals surface area contributed by atoms with E-state index in [0.29, 0.717) is 6.54 Å². The SMILES string of the molecule is O[C@@H]1CC=Cc2cncn2C1. The van der Waals surface area contributed by atoms with Gasteiger partial charge in [0.25, 0.3) is 0 Å². The average Bonchev–Trinajstić information content (AvgIpc) is 2.31. The van der Waals surface area contributed by atoms with Crippen molar-refractivity contribution >= 4 is 6.08 Å². The van der Waals surface area contributed by atoms with Gasteiger partial charge in [-0.15, -0.1) is 0 Å². The van der Waals surface area contributed by atoms with Crippen molar-refractivity contribution in [2.45, 2.75) is 19.1 Å². The van der Waals surface area contributed by atoms with E-state index in [9.17, 15) is 5.11 Å². The number of nitrogens with zero attached hydrogens (tertiary/aromatic N) is 2. The molecule has 2 rings (SSSR count). The third-order valence-corrected chi connectivity index (χ3v) is 1.85. The molecule has 0 aliphatic carbocycles. The minimum absolute atomic E-state index is 0.262. The van der Waals surface area contributed by atoms with Gasteiger partial charge >= 0.3 is 0 Å². The molecule has 0 radical (unpaired) electrons. The summed E-state index contributed by atoms with van der Waals surface area (Å²) in [5, 5.41) is 9.35. The molecule has 0 bridgehead atoms. The molecule has 1 aliphatic heterocycles. The van der Waals surface area contributed by atoms with Crippen LogP contribution in [0.3, 0.4) is 0 Å². The predicted octanol–water partition coefficient (Wildman–Crippen LogP) is 0.661. The van der Waals surface area contributed by atoms with Gasteiger partial charge < -0.3 is 9.67 Å². The highest BCUT2D eigenvalue weighted by Gasteiger charge is 2.08. The molecule has 0 amide bonds. The zero-order valence-corrected chi connectivity index (χ0v) is 6.14. The Bertz CT molecular complexity index is 277. The van der Waals surface area contributed by atoms with E-state index >= 15 is 0 Å². The van der Waals surface area contributed by atoms with Crippen LogP contribution in [0.1, 0.15) is 12.1 Å². The van der Waals surface area contributed by atoms with Gasteiger partial charge in [0.15, 0.2) is 0 Å². The van der Waals surface area contributed by atoms with Crippen molar-refractivity contribution in [3.63, 3.8) is 0 Å². The smallest absolute Gasteiger partial charge is 0.0951 e. The average molecular weight is 150 g/mol. The topological polar surface area (TPSA) is 38.1 Å². The first-order chi connectivity index (χ1) is 5.36. The first-order valence-corrected chi connectivity index (χ1v) is 3.71. The van der Waals surface area contributed by atoms with Gasteiger partial charge in [0, 0.05) is 0 Å². The highest BCUT2D eigenvalue weighted by atomic mass is 16.3. The van der Waals surface area contributed by atoms with E-state index in [2.05, 4.69) is 4.98 Å². The Morgan fingerprint density at radius 3 is 3.45 bits per heavy atom. The lowest BCUT2D eigenvalue weighted by atomic mass is 10.2. The van der Waals surface area contributed by atoms with E-state index in [0.717, 1.165) is 12.1 Å². The molecular weight excluding hydrogens is 140 g/mol. The number of fused-ring (bicyclic) bond motifs is 1. The van der Waals surface area contributed by atoms with Crippen molar-refractivity contribution in [3.8, 4) is 0 Å². The summed E-state index contributed by atoms with van der Waals surface area (Å²) in [6.45, 7) is 0.655. The quantitative estimate of drug-likeness (QED) is 0.590. The second kappa shape index (κ2) is 2.51. The lowest BCUT2D eigenvalue weighted by Crippen LogP contribution is -2.13. The summed E-state index contributed by atoms with van der Waals surface area (Å²) in [5.41, 5.74) is 1.07. The second-order valence-electron chi connectivity index (χ2n) is 2.76. The second-order valence-corrected chi connectivity index (χ2v) is 2.76. The normalized spacial score (nSPS) is 22.8. The molecular formula is C8H10N2O. The standard InChI is InChI=1S/C8H10N2O/c11-8-3-1-2-7-4-9-6-10(7)5-8/h1-2,4,6,8,11H,3,5H2/t8-/m1/s1. The molecule has 1 aromatic heterocycles. The summed E-state index contributed by atoms with van der Waals surface area (Å²) in [4.78, 5) is 3.98. The van der Waals surface area contributed by atoms with Crippen molar-refractivity contribution in [3.05, 3.63) is 24.3 Å². The molecule has 0 unspecified atom stereocenters. The summed E-state index contributed by atoms with van der Waals surface area (Å²) in [6.07, 6.45) is 7.99. The monoisotopic (exact) mass is 150 g/mol. The van der Waals surface area contributed by atoms with E-state index in [4.69, 9.17) is 0 Å². The van der Waals surface area contributed by atoms with Gasteiger partial charge in [-0.05, 0) is 12.5 Å². The van der Waals surface area contributed by atoms with Gasteiger partial charge in [-0.3, -0.25) is 0 Å². The number of imidazole rings is 1. The molecule has 1 atom stereocenters. The minimum Gasteiger partial charge on any atom is -0.391 e. The number of aliphatic hydroxyl groups excluding tert-OH is 1. The zero-order valence-electron chi connectivity index (χ0n) is 6.14. The largest absolute Gasteiger partial charge is 0.391 e. The fourth-order valence-electron chi connectivity index (χ4n) is 1.27. The van der Waals surface area contributed by atoms with Gasteiger partial charge in [-0.25, -0.2) is 4.98 Å². The molecule has 1 aromatic rings. The fourth-order valence-corrected chi connectivity index (χ4v) is 1.27. The van der Waals surface area contributed by atoms with Crippen LogP contribution in [0.15, 0.2) is 18.6 Å². The van der Waals surface area contributed by atoms with Gasteiger partial charge in [-0.1, -0.05) is 6.08 Å². The van der Waals surface area contributed by atoms with Gasteiger partial charge in [0.05, 0.1) is 30.9 Å². The molecule has 1 N–H and O–H groups in total. The van der Waals surface area contributed by atoms with Crippen LogP contribution in [0.5, 0.6) is 0 Å². The Morgan fingerprint density at radius 1 is 1.64 bits per heavy atom. The molecule has 1 aliphatic rings. The van der Waals surface area contributed by atoms with E-state index in [1.807, 2.05) is 16.7 Å². The molecule has 2 heterocycles. The lowest BCUT2D eigenvalue weighted by Gasteiger charge is -2.06. The molecule has 3 nitrogen and oxygen atoms in total. The Labute approximate surface area is 65.0 Å². The maximum atomic E-state index is 9.35. The third-order valence-electron chi connectivity index (χ3n) is 1.85. The lowest BCUT2D eigenvalue weighted by molar-refractivity contribution is 0.158. The Kier molecular flexibility index (Phi) is 1.51. The van der Waals surface area contributed by atoms with Crippen LogP contribution in [0.4, 0.5) is 0 Å². The number of hydrogen-bond donors (Lipinski definition) is 1. The molecule has 11 heavy (non-hydrogen) atoms. The molecule has 3 heteroatoms. The Morgan fingerprint density at radius 2 is 2.55 bits per heavy atom. The van der Waals surface area contributed by atoms with E-state index in [1.165, 1.54) is 0 Å². The molecule has 0 spiro atoms. The zero-order chi connectivity index (χ0) is 7.68. The molecule has 0 saturated carbocycles. The summed E-state index contributed by atoms with van der Waals surface area (Å²) in [6, 6.07) is 0. The fraction of sp³-hybridized carbons (Fsp3) is 0.375. The predicted molar refractivity (Wildman–Crippen MR) is 41.9 cm³/mol. The van der Waals surface area contributed by atoms with Gasteiger partial charge in [-0.2, -0.15) is 0 Å². The molecule has 0 saturated heterocycles. The van der Waals surface area contributed by atoms with Crippen LogP contribution in [-0.2, 0) is 6.54 Å². The van der Waals surface area contributed by atoms with Crippen LogP contribution in [0, 0.1) is 0 Å². The van der Waals surface area contributed by atoms with Crippen LogP contribution >= 0.6 is 0 Å². The van der Waals surface area contributed by atoms with Crippen molar-refractivity contribution < 1.29 is 5.11 Å². The van der Waals surface area contributed by atoms with E-state index in [1.54, 1.807) is 12.5 Å². The minimum atomic E-state index is -0.262. The van der Waals surface area contributed by atoms with Crippen LogP contribution in [-0.4, -0.2) is 20.8 Å². The first kappa shape index (κ1) is 6.61. The Balaban J connectivity index is 2.37. The third kappa shape index (κ3) is 1.19. The summed E-state index contributed by atoms with van der Waals surface area (Å²) in [7, 11) is 0. The molecule has 0 aromatic carbocycles. The number of rotatable bonds is 0. The maximum absolute atomic E-state index is 9.35. The van der Waals surface area contributed by atoms with E-state index in [-0.39, 0.29) is 6.10 Å². The molecule has 0 fully saturated rings. The summed E-state index contributed by atoms with van der Waals surface area (Å²) in [5.74, 6) is 0. The number of hydrogen-bond acceptors (Lipinski definition) is 2.